The number of halogens is 5. The molecular formula is C12H10ClF3INO2. The van der Waals surface area contributed by atoms with Gasteiger partial charge in [-0.3, -0.25) is 9.53 Å². The zero-order valence-electron chi connectivity index (χ0n) is 10.0. The van der Waals surface area contributed by atoms with Gasteiger partial charge < -0.3 is 5.32 Å². The van der Waals surface area contributed by atoms with Crippen LogP contribution in [0.25, 0.3) is 0 Å². The first-order valence-corrected chi connectivity index (χ1v) is 7.21. The minimum Gasteiger partial charge on any atom is -0.325 e. The summed E-state index contributed by atoms with van der Waals surface area (Å²) in [5.74, 6) is -0.749. The summed E-state index contributed by atoms with van der Waals surface area (Å²) in [6.45, 7) is 0. The Labute approximate surface area is 132 Å². The number of hydrogen-bond donors (Lipinski definition) is 1. The Balaban J connectivity index is 1.85. The zero-order valence-corrected chi connectivity index (χ0v) is 12.9. The maximum absolute atomic E-state index is 12.0. The van der Waals surface area contributed by atoms with Crippen LogP contribution in [0.15, 0.2) is 18.2 Å². The van der Waals surface area contributed by atoms with Crippen molar-refractivity contribution in [1.82, 2.24) is 0 Å². The first kappa shape index (κ1) is 15.8. The predicted molar refractivity (Wildman–Crippen MR) is 76.5 cm³/mol. The fourth-order valence-corrected chi connectivity index (χ4v) is 2.90. The smallest absolute Gasteiger partial charge is 0.325 e. The van der Waals surface area contributed by atoms with E-state index in [0.717, 1.165) is 3.57 Å². The van der Waals surface area contributed by atoms with E-state index in [1.54, 1.807) is 18.2 Å². The highest BCUT2D eigenvalue weighted by atomic mass is 127. The van der Waals surface area contributed by atoms with Gasteiger partial charge >= 0.3 is 6.36 Å². The molecule has 0 spiro atoms. The van der Waals surface area contributed by atoms with Crippen LogP contribution < -0.4 is 5.32 Å². The third-order valence-corrected chi connectivity index (χ3v) is 4.08. The normalized spacial score (nSPS) is 22.2. The largest absolute Gasteiger partial charge is 0.522 e. The Bertz CT molecular complexity index is 518. The van der Waals surface area contributed by atoms with Gasteiger partial charge in [0.2, 0.25) is 5.91 Å². The molecule has 0 heterocycles. The SMILES string of the molecule is O=C(Nc1ccc(Cl)cc1I)C1CC(OC(F)(F)F)C1. The first-order valence-electron chi connectivity index (χ1n) is 5.75. The predicted octanol–water partition coefficient (Wildman–Crippen LogP) is 4.20. The van der Waals surface area contributed by atoms with Crippen LogP contribution in [0.1, 0.15) is 12.8 Å². The summed E-state index contributed by atoms with van der Waals surface area (Å²) in [5.41, 5.74) is 0.597. The van der Waals surface area contributed by atoms with Gasteiger partial charge in [0.1, 0.15) is 0 Å². The van der Waals surface area contributed by atoms with Gasteiger partial charge in [0.05, 0.1) is 11.8 Å². The molecule has 1 saturated carbocycles. The third-order valence-electron chi connectivity index (χ3n) is 2.95. The molecule has 1 aromatic carbocycles. The van der Waals surface area contributed by atoms with Gasteiger partial charge in [0.15, 0.2) is 0 Å². The van der Waals surface area contributed by atoms with Crippen molar-refractivity contribution in [2.45, 2.75) is 25.3 Å². The molecule has 20 heavy (non-hydrogen) atoms. The molecule has 0 bridgehead atoms. The van der Waals surface area contributed by atoms with Crippen LogP contribution in [0, 0.1) is 9.49 Å². The van der Waals surface area contributed by atoms with E-state index in [1.807, 2.05) is 22.6 Å². The first-order chi connectivity index (χ1) is 9.24. The second-order valence-corrected chi connectivity index (χ2v) is 6.07. The van der Waals surface area contributed by atoms with Gasteiger partial charge in [-0.2, -0.15) is 0 Å². The van der Waals surface area contributed by atoms with Crippen molar-refractivity contribution in [2.24, 2.45) is 5.92 Å². The molecule has 1 aliphatic carbocycles. The molecule has 1 fully saturated rings. The van der Waals surface area contributed by atoms with Crippen LogP contribution in [0.5, 0.6) is 0 Å². The van der Waals surface area contributed by atoms with Crippen molar-refractivity contribution in [3.8, 4) is 0 Å². The van der Waals surface area contributed by atoms with Crippen LogP contribution in [-0.4, -0.2) is 18.4 Å². The van der Waals surface area contributed by atoms with Crippen molar-refractivity contribution < 1.29 is 22.7 Å². The van der Waals surface area contributed by atoms with Gasteiger partial charge in [-0.25, -0.2) is 0 Å². The highest BCUT2D eigenvalue weighted by Crippen LogP contribution is 2.35. The molecule has 1 N–H and O–H groups in total. The maximum atomic E-state index is 12.0. The van der Waals surface area contributed by atoms with Crippen LogP contribution in [0.4, 0.5) is 18.9 Å². The van der Waals surface area contributed by atoms with Gasteiger partial charge in [-0.15, -0.1) is 13.2 Å². The lowest BCUT2D eigenvalue weighted by Crippen LogP contribution is -2.41. The Hall–Kier alpha value is -0.540. The lowest BCUT2D eigenvalue weighted by molar-refractivity contribution is -0.353. The molecule has 1 amide bonds. The van der Waals surface area contributed by atoms with Crippen molar-refractivity contribution in [1.29, 1.82) is 0 Å². The van der Waals surface area contributed by atoms with Gasteiger partial charge in [-0.1, -0.05) is 11.6 Å². The fraction of sp³-hybridized carbons (Fsp3) is 0.417. The third kappa shape index (κ3) is 4.23. The van der Waals surface area contributed by atoms with Crippen molar-refractivity contribution in [2.75, 3.05) is 5.32 Å². The second-order valence-electron chi connectivity index (χ2n) is 4.47. The lowest BCUT2D eigenvalue weighted by Gasteiger charge is -2.34. The molecule has 1 aliphatic rings. The summed E-state index contributed by atoms with van der Waals surface area (Å²) in [6, 6.07) is 4.98. The molecule has 0 saturated heterocycles. The number of alkyl halides is 3. The minimum atomic E-state index is -4.64. The van der Waals surface area contributed by atoms with Crippen molar-refractivity contribution in [3.63, 3.8) is 0 Å². The Morgan fingerprint density at radius 2 is 2.05 bits per heavy atom. The number of rotatable bonds is 3. The topological polar surface area (TPSA) is 38.3 Å². The Kier molecular flexibility index (Phi) is 4.80. The summed E-state index contributed by atoms with van der Waals surface area (Å²) >= 11 is 7.82. The molecule has 2 rings (SSSR count). The molecule has 0 atom stereocenters. The van der Waals surface area contributed by atoms with Crippen LogP contribution >= 0.6 is 34.2 Å². The molecule has 110 valence electrons. The van der Waals surface area contributed by atoms with Crippen molar-refractivity contribution in [3.05, 3.63) is 26.8 Å². The molecular weight excluding hydrogens is 409 g/mol. The number of amides is 1. The minimum absolute atomic E-state index is 0.0789. The van der Waals surface area contributed by atoms with E-state index in [9.17, 15) is 18.0 Å². The van der Waals surface area contributed by atoms with Crippen LogP contribution in [0.2, 0.25) is 5.02 Å². The summed E-state index contributed by atoms with van der Waals surface area (Å²) in [5, 5.41) is 3.23. The van der Waals surface area contributed by atoms with E-state index in [2.05, 4.69) is 10.1 Å². The summed E-state index contributed by atoms with van der Waals surface area (Å²) in [6.07, 6.45) is -5.40. The fourth-order valence-electron chi connectivity index (χ4n) is 1.89. The highest BCUT2D eigenvalue weighted by molar-refractivity contribution is 14.1. The number of anilines is 1. The van der Waals surface area contributed by atoms with Crippen molar-refractivity contribution >= 4 is 45.8 Å². The number of hydrogen-bond acceptors (Lipinski definition) is 2. The van der Waals surface area contributed by atoms with Gasteiger partial charge in [0, 0.05) is 14.5 Å². The van der Waals surface area contributed by atoms with E-state index < -0.39 is 18.4 Å². The number of carbonyl (C=O) groups excluding carboxylic acids is 1. The van der Waals surface area contributed by atoms with E-state index in [4.69, 9.17) is 11.6 Å². The number of nitrogens with one attached hydrogen (secondary N) is 1. The number of benzene rings is 1. The quantitative estimate of drug-likeness (QED) is 0.746. The molecule has 3 nitrogen and oxygen atoms in total. The van der Waals surface area contributed by atoms with Crippen LogP contribution in [-0.2, 0) is 9.53 Å². The summed E-state index contributed by atoms with van der Waals surface area (Å²) in [4.78, 5) is 11.9. The van der Waals surface area contributed by atoms with E-state index in [-0.39, 0.29) is 18.7 Å². The maximum Gasteiger partial charge on any atom is 0.522 e. The monoisotopic (exact) mass is 419 g/mol. The number of ether oxygens (including phenoxy) is 1. The molecule has 0 unspecified atom stereocenters. The summed E-state index contributed by atoms with van der Waals surface area (Å²) < 4.78 is 40.5. The summed E-state index contributed by atoms with van der Waals surface area (Å²) in [7, 11) is 0. The average molecular weight is 420 g/mol. The molecule has 0 radical (unpaired) electrons. The van der Waals surface area contributed by atoms with E-state index in [0.29, 0.717) is 10.7 Å². The van der Waals surface area contributed by atoms with E-state index in [1.165, 1.54) is 0 Å². The standard InChI is InChI=1S/C12H10ClF3INO2/c13-7-1-2-10(9(17)5-7)18-11(19)6-3-8(4-6)20-12(14,15)16/h1-2,5-6,8H,3-4H2,(H,18,19). The Morgan fingerprint density at radius 3 is 2.60 bits per heavy atom. The Morgan fingerprint density at radius 1 is 1.40 bits per heavy atom. The van der Waals surface area contributed by atoms with Gasteiger partial charge in [0.25, 0.3) is 0 Å². The molecule has 0 aliphatic heterocycles. The molecule has 0 aromatic heterocycles. The average Bonchev–Trinajstić information content (AvgIpc) is 2.25. The van der Waals surface area contributed by atoms with Gasteiger partial charge in [-0.05, 0) is 53.6 Å². The highest BCUT2D eigenvalue weighted by Gasteiger charge is 2.42. The molecule has 1 aromatic rings. The second kappa shape index (κ2) is 6.07. The zero-order chi connectivity index (χ0) is 14.9. The molecule has 8 heteroatoms. The van der Waals surface area contributed by atoms with E-state index >= 15 is 0 Å². The lowest BCUT2D eigenvalue weighted by atomic mass is 9.81. The van der Waals surface area contributed by atoms with Crippen LogP contribution in [0.3, 0.4) is 0 Å². The number of carbonyl (C=O) groups is 1.